The summed E-state index contributed by atoms with van der Waals surface area (Å²) < 4.78 is 26.8. The number of carboxylic acid groups (broad SMARTS) is 1. The first-order valence-electron chi connectivity index (χ1n) is 11.4. The summed E-state index contributed by atoms with van der Waals surface area (Å²) >= 11 is 0. The molecule has 2 aliphatic rings. The fourth-order valence-corrected chi connectivity index (χ4v) is 5.17. The maximum Gasteiger partial charge on any atom is 0.419 e. The first-order chi connectivity index (χ1) is 17.2. The van der Waals surface area contributed by atoms with Crippen molar-refractivity contribution >= 4 is 34.1 Å². The topological polar surface area (TPSA) is 183 Å². The average molecular weight is 518 g/mol. The molecule has 13 nitrogen and oxygen atoms in total. The average Bonchev–Trinajstić information content (AvgIpc) is 3.25. The molecule has 4 amide bonds. The zero-order valence-electron chi connectivity index (χ0n) is 19.3. The van der Waals surface area contributed by atoms with Gasteiger partial charge in [0.25, 0.3) is 5.91 Å². The molecule has 2 heterocycles. The number of amides is 4. The van der Waals surface area contributed by atoms with Gasteiger partial charge in [-0.25, -0.2) is 24.3 Å². The van der Waals surface area contributed by atoms with Crippen LogP contribution < -0.4 is 20.1 Å². The quantitative estimate of drug-likeness (QED) is 0.356. The van der Waals surface area contributed by atoms with Gasteiger partial charge in [-0.2, -0.15) is 13.1 Å². The molecule has 0 spiro atoms. The lowest BCUT2D eigenvalue weighted by Gasteiger charge is -2.32. The number of urea groups is 1. The smallest absolute Gasteiger partial charge is 0.419 e. The van der Waals surface area contributed by atoms with Crippen molar-refractivity contribution in [1.29, 1.82) is 0 Å². The Labute approximate surface area is 207 Å². The first kappa shape index (κ1) is 25.3. The fourth-order valence-electron chi connectivity index (χ4n) is 4.41. The third-order valence-electron chi connectivity index (χ3n) is 6.21. The number of hydrogen-bond acceptors (Lipinski definition) is 7. The summed E-state index contributed by atoms with van der Waals surface area (Å²) in [5, 5.41) is 14.2. The van der Waals surface area contributed by atoms with Crippen molar-refractivity contribution in [3.05, 3.63) is 53.5 Å². The molecule has 0 unspecified atom stereocenters. The summed E-state index contributed by atoms with van der Waals surface area (Å²) in [4.78, 5) is 46.0. The van der Waals surface area contributed by atoms with Gasteiger partial charge in [0.2, 0.25) is 0 Å². The molecule has 14 heteroatoms. The van der Waals surface area contributed by atoms with E-state index in [-0.39, 0.29) is 30.0 Å². The van der Waals surface area contributed by atoms with Crippen LogP contribution in [-0.2, 0) is 23.1 Å². The number of anilines is 1. The third-order valence-corrected chi connectivity index (χ3v) is 7.20. The lowest BCUT2D eigenvalue weighted by molar-refractivity contribution is 0.0934. The minimum atomic E-state index is -4.13. The Balaban J connectivity index is 1.29. The van der Waals surface area contributed by atoms with Gasteiger partial charge in [0, 0.05) is 38.1 Å². The highest BCUT2D eigenvalue weighted by Gasteiger charge is 2.28. The molecule has 1 fully saturated rings. The van der Waals surface area contributed by atoms with Gasteiger partial charge in [-0.05, 0) is 42.7 Å². The molecule has 5 N–H and O–H groups in total. The summed E-state index contributed by atoms with van der Waals surface area (Å²) in [6.07, 6.45) is 3.58. The van der Waals surface area contributed by atoms with E-state index in [0.717, 1.165) is 12.8 Å². The predicted octanol–water partition coefficient (Wildman–Crippen LogP) is 0.720. The number of nitrogens with zero attached hydrogens (tertiary/aromatic N) is 3. The van der Waals surface area contributed by atoms with Crippen LogP contribution in [0.2, 0.25) is 0 Å². The van der Waals surface area contributed by atoms with E-state index in [4.69, 9.17) is 5.11 Å². The number of nitrogens with one attached hydrogen (secondary N) is 4. The third kappa shape index (κ3) is 6.46. The largest absolute Gasteiger partial charge is 0.464 e. The lowest BCUT2D eigenvalue weighted by Crippen LogP contribution is -2.46. The van der Waals surface area contributed by atoms with Crippen LogP contribution in [0, 0.1) is 5.92 Å². The van der Waals surface area contributed by atoms with Crippen LogP contribution in [0.3, 0.4) is 0 Å². The Bertz CT molecular complexity index is 1220. The molecule has 36 heavy (non-hydrogen) atoms. The number of piperidine rings is 1. The van der Waals surface area contributed by atoms with Gasteiger partial charge in [-0.3, -0.25) is 10.1 Å². The van der Waals surface area contributed by atoms with E-state index in [1.807, 2.05) is 24.3 Å². The highest BCUT2D eigenvalue weighted by atomic mass is 32.2. The SMILES string of the molecule is O=C(O)NS(=O)(=O)NCC1CCN(C(=O)Nc2nccnc2C(=O)NC2Cc3ccccc3C2)CC1. The van der Waals surface area contributed by atoms with Crippen molar-refractivity contribution in [2.24, 2.45) is 5.92 Å². The normalized spacial score (nSPS) is 16.3. The highest BCUT2D eigenvalue weighted by molar-refractivity contribution is 7.88. The van der Waals surface area contributed by atoms with E-state index in [1.165, 1.54) is 28.2 Å². The van der Waals surface area contributed by atoms with Gasteiger partial charge in [0.05, 0.1) is 0 Å². The van der Waals surface area contributed by atoms with Crippen molar-refractivity contribution < 1.29 is 27.9 Å². The van der Waals surface area contributed by atoms with Crippen LogP contribution in [0.1, 0.15) is 34.5 Å². The molecule has 0 radical (unpaired) electrons. The van der Waals surface area contributed by atoms with Gasteiger partial charge in [0.15, 0.2) is 11.5 Å². The second kappa shape index (κ2) is 10.9. The zero-order chi connectivity index (χ0) is 25.7. The maximum atomic E-state index is 12.9. The van der Waals surface area contributed by atoms with E-state index >= 15 is 0 Å². The number of benzene rings is 1. The first-order valence-corrected chi connectivity index (χ1v) is 12.9. The van der Waals surface area contributed by atoms with Gasteiger partial charge >= 0.3 is 22.3 Å². The van der Waals surface area contributed by atoms with Crippen LogP contribution in [0.15, 0.2) is 36.7 Å². The molecule has 1 saturated heterocycles. The van der Waals surface area contributed by atoms with Gasteiger partial charge in [-0.1, -0.05) is 24.3 Å². The van der Waals surface area contributed by atoms with Crippen LogP contribution in [0.25, 0.3) is 0 Å². The summed E-state index contributed by atoms with van der Waals surface area (Å²) in [5.41, 5.74) is 2.42. The van der Waals surface area contributed by atoms with Gasteiger partial charge in [0.1, 0.15) is 0 Å². The van der Waals surface area contributed by atoms with E-state index in [0.29, 0.717) is 25.9 Å². The van der Waals surface area contributed by atoms with E-state index in [1.54, 1.807) is 4.90 Å². The molecule has 0 saturated carbocycles. The van der Waals surface area contributed by atoms with E-state index in [9.17, 15) is 22.8 Å². The monoisotopic (exact) mass is 517 g/mol. The molecule has 1 aliphatic heterocycles. The van der Waals surface area contributed by atoms with Crippen LogP contribution in [0.5, 0.6) is 0 Å². The molecule has 0 atom stereocenters. The van der Waals surface area contributed by atoms with Crippen molar-refractivity contribution in [2.75, 3.05) is 25.0 Å². The number of rotatable bonds is 7. The Morgan fingerprint density at radius 1 is 1.03 bits per heavy atom. The standard InChI is InChI=1S/C22H27N7O6S/c30-20(26-17-11-15-3-1-2-4-16(15)12-17)18-19(24-8-7-23-18)27-21(31)29-9-5-14(6-10-29)13-25-36(34,35)28-22(32)33/h1-4,7-8,14,17,25,28H,5-6,9-13H2,(H,26,30)(H,32,33)(H,24,27,31). The number of carbonyl (C=O) groups is 3. The molecule has 4 rings (SSSR count). The van der Waals surface area contributed by atoms with E-state index < -0.39 is 28.2 Å². The second-order valence-corrected chi connectivity index (χ2v) is 10.2. The molecule has 0 bridgehead atoms. The van der Waals surface area contributed by atoms with Crippen LogP contribution >= 0.6 is 0 Å². The summed E-state index contributed by atoms with van der Waals surface area (Å²) in [7, 11) is -4.13. The number of aromatic nitrogens is 2. The Hall–Kier alpha value is -3.78. The van der Waals surface area contributed by atoms with E-state index in [2.05, 4.69) is 25.3 Å². The number of carbonyl (C=O) groups excluding carboxylic acids is 2. The molecular formula is C22H27N7O6S. The summed E-state index contributed by atoms with van der Waals surface area (Å²) in [6, 6.07) is 7.52. The number of likely N-dealkylation sites (tertiary alicyclic amines) is 1. The zero-order valence-corrected chi connectivity index (χ0v) is 20.1. The Morgan fingerprint density at radius 3 is 2.31 bits per heavy atom. The van der Waals surface area contributed by atoms with Crippen molar-refractivity contribution in [3.8, 4) is 0 Å². The Morgan fingerprint density at radius 2 is 1.67 bits per heavy atom. The summed E-state index contributed by atoms with van der Waals surface area (Å²) in [6.45, 7) is 0.761. The van der Waals surface area contributed by atoms with Crippen molar-refractivity contribution in [3.63, 3.8) is 0 Å². The molecule has 1 aliphatic carbocycles. The highest BCUT2D eigenvalue weighted by Crippen LogP contribution is 2.22. The minimum Gasteiger partial charge on any atom is -0.464 e. The van der Waals surface area contributed by atoms with Crippen LogP contribution in [-0.4, -0.2) is 72.1 Å². The van der Waals surface area contributed by atoms with Crippen molar-refractivity contribution in [1.82, 2.24) is 29.6 Å². The molecule has 1 aromatic heterocycles. The number of hydrogen-bond donors (Lipinski definition) is 5. The van der Waals surface area contributed by atoms with Gasteiger partial charge < -0.3 is 15.3 Å². The predicted molar refractivity (Wildman–Crippen MR) is 129 cm³/mol. The summed E-state index contributed by atoms with van der Waals surface area (Å²) in [5.74, 6) is -0.421. The number of fused-ring (bicyclic) bond motifs is 1. The lowest BCUT2D eigenvalue weighted by atomic mass is 9.97. The van der Waals surface area contributed by atoms with Crippen LogP contribution in [0.4, 0.5) is 15.4 Å². The molecular weight excluding hydrogens is 490 g/mol. The fraction of sp³-hybridized carbons (Fsp3) is 0.409. The molecule has 1 aromatic carbocycles. The minimum absolute atomic E-state index is 0.0250. The maximum absolute atomic E-state index is 12.9. The molecule has 2 aromatic rings. The van der Waals surface area contributed by atoms with Crippen molar-refractivity contribution in [2.45, 2.75) is 31.7 Å². The van der Waals surface area contributed by atoms with Gasteiger partial charge in [-0.15, -0.1) is 0 Å². The Kier molecular flexibility index (Phi) is 7.64. The molecule has 192 valence electrons. The second-order valence-electron chi connectivity index (χ2n) is 8.72.